The SMILES string of the molecule is O=C=NCCOCCOCCN=C=O. The molecule has 0 amide bonds. The molecule has 0 aromatic carbocycles. The Morgan fingerprint density at radius 2 is 1.21 bits per heavy atom. The van der Waals surface area contributed by atoms with Crippen molar-refractivity contribution < 1.29 is 19.1 Å². The third kappa shape index (κ3) is 10.7. The van der Waals surface area contributed by atoms with Gasteiger partial charge in [0.05, 0.1) is 39.5 Å². The first-order valence-electron chi connectivity index (χ1n) is 4.14. The second-order valence-corrected chi connectivity index (χ2v) is 2.17. The second kappa shape index (κ2) is 11.7. The Morgan fingerprint density at radius 1 is 0.786 bits per heavy atom. The summed E-state index contributed by atoms with van der Waals surface area (Å²) in [6, 6.07) is 0. The molecule has 0 spiro atoms. The maximum atomic E-state index is 9.63. The quantitative estimate of drug-likeness (QED) is 0.290. The van der Waals surface area contributed by atoms with E-state index < -0.39 is 0 Å². The van der Waals surface area contributed by atoms with Gasteiger partial charge >= 0.3 is 0 Å². The van der Waals surface area contributed by atoms with Crippen molar-refractivity contribution in [1.29, 1.82) is 0 Å². The Labute approximate surface area is 81.6 Å². The van der Waals surface area contributed by atoms with Gasteiger partial charge in [-0.3, -0.25) is 0 Å². The summed E-state index contributed by atoms with van der Waals surface area (Å²) in [5.41, 5.74) is 0. The Bertz CT molecular complexity index is 195. The maximum Gasteiger partial charge on any atom is 0.235 e. The molecule has 0 rings (SSSR count). The molecule has 0 aliphatic rings. The molecule has 0 radical (unpaired) electrons. The molecule has 78 valence electrons. The van der Waals surface area contributed by atoms with Crippen molar-refractivity contribution >= 4 is 12.2 Å². The molecule has 0 unspecified atom stereocenters. The minimum atomic E-state index is 0.318. The van der Waals surface area contributed by atoms with Crippen molar-refractivity contribution in [3.8, 4) is 0 Å². The van der Waals surface area contributed by atoms with E-state index in [9.17, 15) is 9.59 Å². The lowest BCUT2D eigenvalue weighted by atomic mass is 10.6. The van der Waals surface area contributed by atoms with Gasteiger partial charge in [-0.15, -0.1) is 0 Å². The van der Waals surface area contributed by atoms with Gasteiger partial charge in [-0.1, -0.05) is 0 Å². The summed E-state index contributed by atoms with van der Waals surface area (Å²) < 4.78 is 10.1. The van der Waals surface area contributed by atoms with Crippen LogP contribution in [0.3, 0.4) is 0 Å². The fraction of sp³-hybridized carbons (Fsp3) is 0.750. The zero-order valence-electron chi connectivity index (χ0n) is 7.77. The van der Waals surface area contributed by atoms with Crippen LogP contribution in [0.2, 0.25) is 0 Å². The molecule has 0 fully saturated rings. The number of hydrogen-bond acceptors (Lipinski definition) is 6. The van der Waals surface area contributed by atoms with Crippen molar-refractivity contribution in [3.63, 3.8) is 0 Å². The van der Waals surface area contributed by atoms with Crippen LogP contribution in [-0.4, -0.2) is 51.7 Å². The highest BCUT2D eigenvalue weighted by atomic mass is 16.5. The Hall–Kier alpha value is -1.32. The fourth-order valence-corrected chi connectivity index (χ4v) is 0.634. The van der Waals surface area contributed by atoms with Gasteiger partial charge in [0, 0.05) is 0 Å². The smallest absolute Gasteiger partial charge is 0.235 e. The first-order chi connectivity index (χ1) is 6.91. The van der Waals surface area contributed by atoms with Crippen molar-refractivity contribution in [2.24, 2.45) is 9.98 Å². The summed E-state index contributed by atoms with van der Waals surface area (Å²) in [6.07, 6.45) is 2.82. The van der Waals surface area contributed by atoms with Gasteiger partial charge < -0.3 is 9.47 Å². The van der Waals surface area contributed by atoms with Crippen LogP contribution in [-0.2, 0) is 19.1 Å². The van der Waals surface area contributed by atoms with Crippen LogP contribution < -0.4 is 0 Å². The number of rotatable bonds is 9. The zero-order chi connectivity index (χ0) is 10.5. The molecule has 0 bridgehead atoms. The van der Waals surface area contributed by atoms with Gasteiger partial charge in [0.2, 0.25) is 12.2 Å². The molecule has 0 aromatic heterocycles. The Kier molecular flexibility index (Phi) is 10.6. The Balaban J connectivity index is 2.98. The van der Waals surface area contributed by atoms with E-state index in [1.807, 2.05) is 0 Å². The number of ether oxygens (including phenoxy) is 2. The largest absolute Gasteiger partial charge is 0.377 e. The molecule has 0 heterocycles. The first kappa shape index (κ1) is 12.7. The van der Waals surface area contributed by atoms with E-state index in [2.05, 4.69) is 9.98 Å². The predicted molar refractivity (Wildman–Crippen MR) is 47.6 cm³/mol. The van der Waals surface area contributed by atoms with E-state index in [1.165, 1.54) is 12.2 Å². The predicted octanol–water partition coefficient (Wildman–Crippen LogP) is -0.309. The van der Waals surface area contributed by atoms with Crippen LogP contribution in [0.1, 0.15) is 0 Å². The topological polar surface area (TPSA) is 77.3 Å². The van der Waals surface area contributed by atoms with E-state index in [4.69, 9.17) is 9.47 Å². The third-order valence-electron chi connectivity index (χ3n) is 1.20. The molecular weight excluding hydrogens is 188 g/mol. The van der Waals surface area contributed by atoms with Crippen molar-refractivity contribution in [1.82, 2.24) is 0 Å². The molecule has 0 aromatic rings. The van der Waals surface area contributed by atoms with E-state index >= 15 is 0 Å². The Morgan fingerprint density at radius 3 is 1.57 bits per heavy atom. The standard InChI is InChI=1S/C8H12N2O4/c11-7-9-1-3-13-5-6-14-4-2-10-8-12/h1-6H2. The average Bonchev–Trinajstić information content (AvgIpc) is 2.21. The number of hydrogen-bond donors (Lipinski definition) is 0. The van der Waals surface area contributed by atoms with Gasteiger partial charge in [0.15, 0.2) is 0 Å². The average molecular weight is 200 g/mol. The number of isocyanates is 2. The van der Waals surface area contributed by atoms with Gasteiger partial charge in [-0.2, -0.15) is 0 Å². The van der Waals surface area contributed by atoms with Crippen LogP contribution >= 0.6 is 0 Å². The molecule has 0 saturated carbocycles. The lowest BCUT2D eigenvalue weighted by Gasteiger charge is -2.01. The summed E-state index contributed by atoms with van der Waals surface area (Å²) in [4.78, 5) is 25.9. The highest BCUT2D eigenvalue weighted by Crippen LogP contribution is 1.79. The molecule has 0 saturated heterocycles. The van der Waals surface area contributed by atoms with Gasteiger partial charge in [-0.05, 0) is 0 Å². The lowest BCUT2D eigenvalue weighted by Crippen LogP contribution is -2.08. The fourth-order valence-electron chi connectivity index (χ4n) is 0.634. The van der Waals surface area contributed by atoms with Crippen molar-refractivity contribution in [2.45, 2.75) is 0 Å². The van der Waals surface area contributed by atoms with Crippen LogP contribution in [0.25, 0.3) is 0 Å². The number of nitrogens with zero attached hydrogens (tertiary/aromatic N) is 2. The van der Waals surface area contributed by atoms with E-state index in [1.54, 1.807) is 0 Å². The number of aliphatic imine (C=N–C) groups is 2. The first-order valence-corrected chi connectivity index (χ1v) is 4.14. The lowest BCUT2D eigenvalue weighted by molar-refractivity contribution is 0.0541. The molecule has 0 N–H and O–H groups in total. The van der Waals surface area contributed by atoms with Gasteiger partial charge in [0.1, 0.15) is 0 Å². The van der Waals surface area contributed by atoms with E-state index in [0.717, 1.165) is 0 Å². The summed E-state index contributed by atoms with van der Waals surface area (Å²) >= 11 is 0. The van der Waals surface area contributed by atoms with E-state index in [0.29, 0.717) is 39.5 Å². The molecule has 6 nitrogen and oxygen atoms in total. The second-order valence-electron chi connectivity index (χ2n) is 2.17. The molecule has 0 atom stereocenters. The molecule has 6 heteroatoms. The summed E-state index contributed by atoms with van der Waals surface area (Å²) in [6.45, 7) is 2.26. The third-order valence-corrected chi connectivity index (χ3v) is 1.20. The summed E-state index contributed by atoms with van der Waals surface area (Å²) in [7, 11) is 0. The van der Waals surface area contributed by atoms with Crippen LogP contribution in [0.4, 0.5) is 0 Å². The molecule has 14 heavy (non-hydrogen) atoms. The normalized spacial score (nSPS) is 8.86. The minimum Gasteiger partial charge on any atom is -0.377 e. The van der Waals surface area contributed by atoms with Crippen molar-refractivity contribution in [2.75, 3.05) is 39.5 Å². The highest BCUT2D eigenvalue weighted by Gasteiger charge is 1.88. The molecule has 0 aliphatic carbocycles. The van der Waals surface area contributed by atoms with E-state index in [-0.39, 0.29) is 0 Å². The van der Waals surface area contributed by atoms with Gasteiger partial charge in [-0.25, -0.2) is 19.6 Å². The number of carbonyl (C=O) groups excluding carboxylic acids is 2. The molecule has 0 aliphatic heterocycles. The van der Waals surface area contributed by atoms with Crippen LogP contribution in [0.5, 0.6) is 0 Å². The zero-order valence-corrected chi connectivity index (χ0v) is 7.77. The summed E-state index contributed by atoms with van der Waals surface area (Å²) in [5, 5.41) is 0. The van der Waals surface area contributed by atoms with Crippen LogP contribution in [0.15, 0.2) is 9.98 Å². The molecular formula is C8H12N2O4. The van der Waals surface area contributed by atoms with Gasteiger partial charge in [0.25, 0.3) is 0 Å². The van der Waals surface area contributed by atoms with Crippen LogP contribution in [0, 0.1) is 0 Å². The minimum absolute atomic E-state index is 0.318. The maximum absolute atomic E-state index is 9.63. The summed E-state index contributed by atoms with van der Waals surface area (Å²) in [5.74, 6) is 0. The van der Waals surface area contributed by atoms with Crippen molar-refractivity contribution in [3.05, 3.63) is 0 Å². The monoisotopic (exact) mass is 200 g/mol. The highest BCUT2D eigenvalue weighted by molar-refractivity contribution is 5.32.